The van der Waals surface area contributed by atoms with E-state index in [0.717, 1.165) is 0 Å². The summed E-state index contributed by atoms with van der Waals surface area (Å²) < 4.78 is 0. The number of rotatable bonds is 14. The Labute approximate surface area is 216 Å². The fraction of sp³-hybridized carbons (Fsp3) is 0.364. The molecule has 14 nitrogen and oxygen atoms in total. The van der Waals surface area contributed by atoms with Gasteiger partial charge in [0.1, 0.15) is 23.9 Å². The molecule has 0 bridgehead atoms. The van der Waals surface area contributed by atoms with Gasteiger partial charge in [0.2, 0.25) is 17.7 Å². The van der Waals surface area contributed by atoms with Gasteiger partial charge in [0, 0.05) is 30.5 Å². The molecule has 0 spiro atoms. The van der Waals surface area contributed by atoms with Crippen LogP contribution in [0.25, 0.3) is 0 Å². The van der Waals surface area contributed by atoms with Crippen LogP contribution in [0.15, 0.2) is 36.8 Å². The molecule has 4 atom stereocenters. The van der Waals surface area contributed by atoms with E-state index in [9.17, 15) is 39.3 Å². The Morgan fingerprint density at radius 1 is 0.919 bits per heavy atom. The van der Waals surface area contributed by atoms with Gasteiger partial charge in [-0.05, 0) is 17.7 Å². The number of nitrogens with zero attached hydrogens (tertiary/aromatic N) is 1. The van der Waals surface area contributed by atoms with Crippen LogP contribution in [-0.2, 0) is 36.8 Å². The highest BCUT2D eigenvalue weighted by atomic mass is 32.1. The zero-order valence-electron chi connectivity index (χ0n) is 19.5. The van der Waals surface area contributed by atoms with Crippen LogP contribution in [0, 0.1) is 0 Å². The molecule has 3 amide bonds. The molecule has 0 aliphatic rings. The van der Waals surface area contributed by atoms with E-state index >= 15 is 0 Å². The maximum atomic E-state index is 12.8. The van der Waals surface area contributed by atoms with Crippen molar-refractivity contribution in [2.75, 3.05) is 5.75 Å². The summed E-state index contributed by atoms with van der Waals surface area (Å²) in [5.41, 5.74) is 6.92. The Kier molecular flexibility index (Phi) is 10.9. The van der Waals surface area contributed by atoms with Crippen molar-refractivity contribution in [1.82, 2.24) is 25.9 Å². The van der Waals surface area contributed by atoms with Crippen LogP contribution >= 0.6 is 12.6 Å². The molecule has 0 saturated heterocycles. The molecule has 1 aromatic carbocycles. The fourth-order valence-corrected chi connectivity index (χ4v) is 3.45. The molecule has 1 heterocycles. The lowest BCUT2D eigenvalue weighted by molar-refractivity contribution is -0.143. The second-order valence-electron chi connectivity index (χ2n) is 8.06. The molecule has 2 rings (SSSR count). The monoisotopic (exact) mass is 536 g/mol. The number of aromatic nitrogens is 2. The van der Waals surface area contributed by atoms with Gasteiger partial charge in [-0.25, -0.2) is 9.78 Å². The maximum absolute atomic E-state index is 12.8. The molecule has 37 heavy (non-hydrogen) atoms. The van der Waals surface area contributed by atoms with Crippen molar-refractivity contribution in [2.45, 2.75) is 43.4 Å². The number of imidazole rings is 1. The van der Waals surface area contributed by atoms with Gasteiger partial charge in [0.15, 0.2) is 0 Å². The molecule has 1 aromatic heterocycles. The molecular weight excluding hydrogens is 508 g/mol. The standard InChI is InChI=1S/C22H28N6O8S/c23-14(6-12-8-24-10-25-12)19(32)28-17(9-37)21(34)26-15(7-18(30)31)20(33)27-16(22(35)36)5-11-1-3-13(29)4-2-11/h1-4,8,10,14-17,29,37H,5-7,9,23H2,(H,24,25)(H,26,34)(H,27,33)(H,28,32)(H,30,31)(H,35,36). The minimum atomic E-state index is -1.65. The van der Waals surface area contributed by atoms with Crippen LogP contribution in [0.5, 0.6) is 5.75 Å². The predicted molar refractivity (Wildman–Crippen MR) is 132 cm³/mol. The molecule has 0 aliphatic carbocycles. The third-order valence-electron chi connectivity index (χ3n) is 5.15. The number of aromatic hydroxyl groups is 1. The third-order valence-corrected chi connectivity index (χ3v) is 5.51. The number of benzene rings is 1. The summed E-state index contributed by atoms with van der Waals surface area (Å²) in [5, 5.41) is 34.9. The number of phenols is 1. The van der Waals surface area contributed by atoms with Gasteiger partial charge in [-0.15, -0.1) is 0 Å². The van der Waals surface area contributed by atoms with Gasteiger partial charge in [-0.1, -0.05) is 12.1 Å². The molecule has 2 aromatic rings. The number of aliphatic carboxylic acids is 2. The first kappa shape index (κ1) is 29.1. The van der Waals surface area contributed by atoms with Gasteiger partial charge in [-0.2, -0.15) is 12.6 Å². The van der Waals surface area contributed by atoms with Gasteiger partial charge < -0.3 is 42.0 Å². The van der Waals surface area contributed by atoms with Crippen molar-refractivity contribution in [2.24, 2.45) is 5.73 Å². The Morgan fingerprint density at radius 3 is 2.05 bits per heavy atom. The molecule has 9 N–H and O–H groups in total. The minimum absolute atomic E-state index is 0.0306. The summed E-state index contributed by atoms with van der Waals surface area (Å²) in [4.78, 5) is 67.5. The molecular formula is C22H28N6O8S. The van der Waals surface area contributed by atoms with Crippen LogP contribution in [0.2, 0.25) is 0 Å². The predicted octanol–water partition coefficient (Wildman–Crippen LogP) is -1.83. The van der Waals surface area contributed by atoms with Crippen molar-refractivity contribution in [3.63, 3.8) is 0 Å². The van der Waals surface area contributed by atoms with Crippen LogP contribution in [-0.4, -0.2) is 84.9 Å². The Balaban J connectivity index is 2.05. The highest BCUT2D eigenvalue weighted by Crippen LogP contribution is 2.12. The first-order valence-electron chi connectivity index (χ1n) is 11.0. The topological polar surface area (TPSA) is 237 Å². The molecule has 0 radical (unpaired) electrons. The number of nitrogens with one attached hydrogen (secondary N) is 4. The average Bonchev–Trinajstić information content (AvgIpc) is 3.35. The van der Waals surface area contributed by atoms with Crippen molar-refractivity contribution in [3.8, 4) is 5.75 Å². The van der Waals surface area contributed by atoms with Crippen LogP contribution in [0.4, 0.5) is 0 Å². The number of thiol groups is 1. The van der Waals surface area contributed by atoms with Crippen LogP contribution < -0.4 is 21.7 Å². The normalized spacial score (nSPS) is 14.0. The average molecular weight is 537 g/mol. The quantitative estimate of drug-likeness (QED) is 0.122. The van der Waals surface area contributed by atoms with E-state index in [4.69, 9.17) is 5.73 Å². The second-order valence-corrected chi connectivity index (χ2v) is 8.43. The van der Waals surface area contributed by atoms with E-state index in [2.05, 4.69) is 38.5 Å². The van der Waals surface area contributed by atoms with Gasteiger partial charge in [-0.3, -0.25) is 19.2 Å². The van der Waals surface area contributed by atoms with E-state index in [1.807, 2.05) is 0 Å². The number of nitrogens with two attached hydrogens (primary N) is 1. The largest absolute Gasteiger partial charge is 0.508 e. The number of amides is 3. The minimum Gasteiger partial charge on any atom is -0.508 e. The Hall–Kier alpha value is -4.11. The third kappa shape index (κ3) is 9.46. The Bertz CT molecular complexity index is 1100. The number of aromatic amines is 1. The van der Waals surface area contributed by atoms with Crippen molar-refractivity contribution < 1.29 is 39.3 Å². The first-order chi connectivity index (χ1) is 17.5. The summed E-state index contributed by atoms with van der Waals surface area (Å²) in [7, 11) is 0. The number of H-pyrrole nitrogens is 1. The molecule has 15 heteroatoms. The van der Waals surface area contributed by atoms with Crippen molar-refractivity contribution in [1.29, 1.82) is 0 Å². The summed E-state index contributed by atoms with van der Waals surface area (Å²) in [6.07, 6.45) is 1.98. The van der Waals surface area contributed by atoms with E-state index in [1.165, 1.54) is 36.8 Å². The van der Waals surface area contributed by atoms with E-state index in [1.54, 1.807) is 0 Å². The van der Waals surface area contributed by atoms with Crippen LogP contribution in [0.3, 0.4) is 0 Å². The van der Waals surface area contributed by atoms with E-state index in [0.29, 0.717) is 11.3 Å². The number of carbonyl (C=O) groups excluding carboxylic acids is 3. The van der Waals surface area contributed by atoms with Gasteiger partial charge in [0.25, 0.3) is 0 Å². The smallest absolute Gasteiger partial charge is 0.326 e. The summed E-state index contributed by atoms with van der Waals surface area (Å²) in [6, 6.07) is 0.211. The van der Waals surface area contributed by atoms with E-state index < -0.39 is 60.2 Å². The van der Waals surface area contributed by atoms with Gasteiger partial charge in [0.05, 0.1) is 18.8 Å². The maximum Gasteiger partial charge on any atom is 0.326 e. The molecule has 0 saturated carbocycles. The van der Waals surface area contributed by atoms with Gasteiger partial charge >= 0.3 is 11.9 Å². The zero-order chi connectivity index (χ0) is 27.5. The van der Waals surface area contributed by atoms with Crippen molar-refractivity contribution in [3.05, 3.63) is 48.0 Å². The summed E-state index contributed by atoms with van der Waals surface area (Å²) in [5.74, 6) is -5.72. The number of phenolic OH excluding ortho intramolecular Hbond substituents is 1. The number of carbonyl (C=O) groups is 5. The van der Waals surface area contributed by atoms with Crippen molar-refractivity contribution >= 4 is 42.3 Å². The second kappa shape index (κ2) is 13.8. The fourth-order valence-electron chi connectivity index (χ4n) is 3.20. The molecule has 4 unspecified atom stereocenters. The molecule has 200 valence electrons. The summed E-state index contributed by atoms with van der Waals surface area (Å²) in [6.45, 7) is 0. The highest BCUT2D eigenvalue weighted by Gasteiger charge is 2.31. The lowest BCUT2D eigenvalue weighted by Crippen LogP contribution is -2.58. The molecule has 0 fully saturated rings. The van der Waals surface area contributed by atoms with E-state index in [-0.39, 0.29) is 24.3 Å². The lowest BCUT2D eigenvalue weighted by Gasteiger charge is -2.24. The lowest BCUT2D eigenvalue weighted by atomic mass is 10.0. The number of carboxylic acids is 2. The first-order valence-corrected chi connectivity index (χ1v) is 11.6. The number of carboxylic acid groups (broad SMARTS) is 2. The number of hydrogen-bond donors (Lipinski definition) is 9. The molecule has 0 aliphatic heterocycles. The highest BCUT2D eigenvalue weighted by molar-refractivity contribution is 7.80. The summed E-state index contributed by atoms with van der Waals surface area (Å²) >= 11 is 4.03. The SMILES string of the molecule is NC(Cc1cnc[nH]1)C(=O)NC(CS)C(=O)NC(CC(=O)O)C(=O)NC(Cc1ccc(O)cc1)C(=O)O. The Morgan fingerprint density at radius 2 is 1.51 bits per heavy atom. The number of hydrogen-bond acceptors (Lipinski definition) is 9. The van der Waals surface area contributed by atoms with Crippen LogP contribution in [0.1, 0.15) is 17.7 Å². The zero-order valence-corrected chi connectivity index (χ0v) is 20.4.